The van der Waals surface area contributed by atoms with E-state index in [4.69, 9.17) is 0 Å². The molecule has 4 aliphatic heterocycles. The maximum atomic E-state index is 14.7. The average molecular weight is 1070 g/mol. The first-order valence-electron chi connectivity index (χ1n) is 28.6. The third-order valence-electron chi connectivity index (χ3n) is 17.9. The lowest BCUT2D eigenvalue weighted by Gasteiger charge is -2.39. The monoisotopic (exact) mass is 1070 g/mol. The highest BCUT2D eigenvalue weighted by Gasteiger charge is 2.48. The van der Waals surface area contributed by atoms with Crippen LogP contribution in [0.1, 0.15) is 125 Å². The van der Waals surface area contributed by atoms with Gasteiger partial charge in [-0.3, -0.25) is 38.4 Å². The maximum absolute atomic E-state index is 14.7. The van der Waals surface area contributed by atoms with Crippen molar-refractivity contribution < 1.29 is 38.4 Å². The van der Waals surface area contributed by atoms with Crippen molar-refractivity contribution in [2.75, 3.05) is 40.3 Å². The Balaban J connectivity index is 0.832. The van der Waals surface area contributed by atoms with Crippen LogP contribution >= 0.6 is 0 Å². The molecule has 6 aliphatic rings. The number of amides is 8. The van der Waals surface area contributed by atoms with Crippen molar-refractivity contribution in [1.29, 1.82) is 0 Å². The summed E-state index contributed by atoms with van der Waals surface area (Å²) in [5.74, 6) is -1.93. The maximum Gasteiger partial charge on any atom is 0.247 e. The van der Waals surface area contributed by atoms with Gasteiger partial charge >= 0.3 is 0 Å². The molecule has 0 spiro atoms. The van der Waals surface area contributed by atoms with E-state index in [1.807, 2.05) is 60.7 Å². The standard InChI is InChI=1S/C60H80N10O8/c1-37(61-3)55(73)65-49-35-67(31-29-43-25-27-51(69(43)59(49)77)57(75)63-47-19-11-17-45(47)41-13-7-5-8-14-41)53(71)33-39-21-23-40(24-22-39)34-54(72)68-32-30-44-26-28-52(70(44)60(78)50(36-68)66-56(74)38(2)62-4)58(76)64-48-20-12-18-46(48)42-15-9-6-10-16-42/h5-10,13-16,21-24,37-38,43-52,61-62H,11-12,17-20,25-36H2,1-4H3,(H,63,75)(H,64,76)(H,65,73)(H,66,74)/t37-,38-,43+,44+,45+,46+,47-,48-,49-,50-,51-,52-/m0/s1. The third-order valence-corrected chi connectivity index (χ3v) is 17.9. The summed E-state index contributed by atoms with van der Waals surface area (Å²) in [5.41, 5.74) is 3.79. The van der Waals surface area contributed by atoms with E-state index in [0.717, 1.165) is 38.5 Å². The Labute approximate surface area is 458 Å². The van der Waals surface area contributed by atoms with Crippen molar-refractivity contribution in [3.63, 3.8) is 0 Å². The molecule has 4 heterocycles. The summed E-state index contributed by atoms with van der Waals surface area (Å²) in [7, 11) is 3.31. The molecule has 0 unspecified atom stereocenters. The zero-order valence-electron chi connectivity index (χ0n) is 45.8. The van der Waals surface area contributed by atoms with Crippen LogP contribution in [0.2, 0.25) is 0 Å². The van der Waals surface area contributed by atoms with Crippen molar-refractivity contribution in [1.82, 2.24) is 51.5 Å². The number of hydrogen-bond acceptors (Lipinski definition) is 10. The molecule has 0 bridgehead atoms. The van der Waals surface area contributed by atoms with Crippen LogP contribution in [0.5, 0.6) is 0 Å². The van der Waals surface area contributed by atoms with E-state index in [2.05, 4.69) is 56.2 Å². The predicted octanol–water partition coefficient (Wildman–Crippen LogP) is 3.05. The summed E-state index contributed by atoms with van der Waals surface area (Å²) in [6.45, 7) is 3.93. The third kappa shape index (κ3) is 12.8. The summed E-state index contributed by atoms with van der Waals surface area (Å²) >= 11 is 0. The van der Waals surface area contributed by atoms with Crippen LogP contribution in [-0.2, 0) is 51.2 Å². The minimum atomic E-state index is -1.07. The molecular weight excluding hydrogens is 989 g/mol. The molecule has 6 fully saturated rings. The lowest BCUT2D eigenvalue weighted by molar-refractivity contribution is -0.147. The highest BCUT2D eigenvalue weighted by atomic mass is 16.2. The number of benzene rings is 3. The molecule has 12 atom stereocenters. The first kappa shape index (κ1) is 56.1. The Kier molecular flexibility index (Phi) is 18.3. The second-order valence-corrected chi connectivity index (χ2v) is 22.7. The Morgan fingerprint density at radius 1 is 0.487 bits per heavy atom. The molecule has 2 aliphatic carbocycles. The Morgan fingerprint density at radius 2 is 0.872 bits per heavy atom. The van der Waals surface area contributed by atoms with E-state index in [1.165, 1.54) is 11.1 Å². The summed E-state index contributed by atoms with van der Waals surface area (Å²) in [6.07, 6.45) is 8.83. The zero-order valence-corrected chi connectivity index (χ0v) is 45.8. The Hall–Kier alpha value is -6.66. The number of carbonyl (C=O) groups excluding carboxylic acids is 8. The minimum Gasteiger partial charge on any atom is -0.351 e. The van der Waals surface area contributed by atoms with Crippen molar-refractivity contribution in [3.8, 4) is 0 Å². The molecule has 0 aromatic heterocycles. The summed E-state index contributed by atoms with van der Waals surface area (Å²) in [6, 6.07) is 22.3. The molecule has 2 saturated carbocycles. The normalized spacial score (nSPS) is 28.1. The molecular formula is C60H80N10O8. The van der Waals surface area contributed by atoms with Gasteiger partial charge in [-0.25, -0.2) is 0 Å². The topological polar surface area (TPSA) is 222 Å². The zero-order chi connectivity index (χ0) is 55.0. The first-order chi connectivity index (χ1) is 37.7. The molecule has 18 heteroatoms. The largest absolute Gasteiger partial charge is 0.351 e. The molecule has 3 aromatic rings. The van der Waals surface area contributed by atoms with Crippen molar-refractivity contribution in [2.24, 2.45) is 0 Å². The van der Waals surface area contributed by atoms with Gasteiger partial charge in [0.15, 0.2) is 0 Å². The number of rotatable bonds is 16. The number of nitrogens with zero attached hydrogens (tertiary/aromatic N) is 4. The smallest absolute Gasteiger partial charge is 0.247 e. The van der Waals surface area contributed by atoms with Crippen LogP contribution in [-0.4, -0.2) is 168 Å². The van der Waals surface area contributed by atoms with Crippen LogP contribution < -0.4 is 31.9 Å². The second-order valence-electron chi connectivity index (χ2n) is 22.7. The van der Waals surface area contributed by atoms with E-state index in [1.54, 1.807) is 47.5 Å². The van der Waals surface area contributed by atoms with Gasteiger partial charge in [-0.15, -0.1) is 0 Å². The van der Waals surface area contributed by atoms with Gasteiger partial charge in [0.1, 0.15) is 24.2 Å². The first-order valence-corrected chi connectivity index (χ1v) is 28.6. The van der Waals surface area contributed by atoms with Crippen molar-refractivity contribution >= 4 is 47.3 Å². The van der Waals surface area contributed by atoms with Crippen molar-refractivity contribution in [3.05, 3.63) is 107 Å². The van der Waals surface area contributed by atoms with E-state index in [-0.39, 0.29) is 109 Å². The van der Waals surface area contributed by atoms with E-state index in [9.17, 15) is 38.4 Å². The van der Waals surface area contributed by atoms with Gasteiger partial charge in [0.25, 0.3) is 0 Å². The van der Waals surface area contributed by atoms with Crippen LogP contribution in [0.25, 0.3) is 0 Å². The van der Waals surface area contributed by atoms with Gasteiger partial charge < -0.3 is 51.5 Å². The second kappa shape index (κ2) is 25.4. The number of likely N-dealkylation sites (N-methyl/N-ethyl adjacent to an activating group) is 2. The van der Waals surface area contributed by atoms with Gasteiger partial charge in [0.2, 0.25) is 47.3 Å². The summed E-state index contributed by atoms with van der Waals surface area (Å²) in [5, 5.41) is 18.3. The molecule has 8 amide bonds. The highest BCUT2D eigenvalue weighted by Crippen LogP contribution is 2.38. The summed E-state index contributed by atoms with van der Waals surface area (Å²) < 4.78 is 0. The van der Waals surface area contributed by atoms with Gasteiger partial charge in [-0.1, -0.05) is 97.8 Å². The summed E-state index contributed by atoms with van der Waals surface area (Å²) in [4.78, 5) is 119. The Bertz CT molecular complexity index is 2460. The quantitative estimate of drug-likeness (QED) is 0.123. The average Bonchev–Trinajstić information content (AvgIpc) is 4.42. The number of fused-ring (bicyclic) bond motifs is 2. The van der Waals surface area contributed by atoms with Crippen LogP contribution in [0.3, 0.4) is 0 Å². The molecule has 4 saturated heterocycles. The molecule has 78 heavy (non-hydrogen) atoms. The minimum absolute atomic E-state index is 0.0191. The molecule has 418 valence electrons. The Morgan fingerprint density at radius 3 is 1.24 bits per heavy atom. The highest BCUT2D eigenvalue weighted by molar-refractivity contribution is 5.96. The van der Waals surface area contributed by atoms with Gasteiger partial charge in [0.05, 0.1) is 24.9 Å². The van der Waals surface area contributed by atoms with Crippen molar-refractivity contribution in [2.45, 2.75) is 176 Å². The van der Waals surface area contributed by atoms with Gasteiger partial charge in [0, 0.05) is 62.2 Å². The molecule has 6 N–H and O–H groups in total. The number of hydrogen-bond donors (Lipinski definition) is 6. The van der Waals surface area contributed by atoms with E-state index in [0.29, 0.717) is 62.7 Å². The lowest BCUT2D eigenvalue weighted by Crippen LogP contribution is -2.62. The van der Waals surface area contributed by atoms with Crippen LogP contribution in [0.15, 0.2) is 84.9 Å². The fourth-order valence-electron chi connectivity index (χ4n) is 13.2. The fourth-order valence-corrected chi connectivity index (χ4v) is 13.2. The predicted molar refractivity (Wildman–Crippen MR) is 294 cm³/mol. The fraction of sp³-hybridized carbons (Fsp3) is 0.567. The van der Waals surface area contributed by atoms with Crippen LogP contribution in [0, 0.1) is 0 Å². The van der Waals surface area contributed by atoms with Gasteiger partial charge in [-0.05, 0) is 114 Å². The van der Waals surface area contributed by atoms with Crippen LogP contribution in [0.4, 0.5) is 0 Å². The molecule has 18 nitrogen and oxygen atoms in total. The number of nitrogens with one attached hydrogen (secondary N) is 6. The van der Waals surface area contributed by atoms with Gasteiger partial charge in [-0.2, -0.15) is 0 Å². The van der Waals surface area contributed by atoms with E-state index < -0.39 is 36.3 Å². The molecule has 3 aromatic carbocycles. The number of carbonyl (C=O) groups is 8. The molecule has 9 rings (SSSR count). The molecule has 0 radical (unpaired) electrons. The lowest BCUT2D eigenvalue weighted by atomic mass is 9.94. The SMILES string of the molecule is CN[C@@H](C)C(=O)N[C@H]1CN(C(=O)Cc2ccc(CC(=O)N3CC[C@H]4CC[C@@H](C(=O)N[C@H]5CCC[C@@H]5c5ccccc5)N4C(=O)[C@@H](NC(=O)[C@H](C)NC)C3)cc2)CC[C@H]2CC[C@@H](C(=O)N[C@H]3CCC[C@@H]3c3ccccc3)N2C1=O. The van der Waals surface area contributed by atoms with E-state index >= 15 is 0 Å².